The van der Waals surface area contributed by atoms with Crippen LogP contribution in [0.1, 0.15) is 19.8 Å². The smallest absolute Gasteiger partial charge is 0.409 e. The molecule has 14 heavy (non-hydrogen) atoms. The number of nitrogens with one attached hydrogen (secondary N) is 1. The van der Waals surface area contributed by atoms with Gasteiger partial charge in [-0.2, -0.15) is 0 Å². The zero-order valence-corrected chi connectivity index (χ0v) is 8.74. The fraction of sp³-hybridized carbons (Fsp3) is 0.778. The van der Waals surface area contributed by atoms with Gasteiger partial charge in [-0.1, -0.05) is 0 Å². The lowest BCUT2D eigenvalue weighted by molar-refractivity contribution is -0.121. The first-order valence-electron chi connectivity index (χ1n) is 4.64. The van der Waals surface area contributed by atoms with Crippen LogP contribution in [0, 0.1) is 0 Å². The maximum absolute atomic E-state index is 11.1. The number of ether oxygens (including phenoxy) is 1. The highest BCUT2D eigenvalue weighted by molar-refractivity contribution is 5.73. The molecular formula is C9H16N2O3. The summed E-state index contributed by atoms with van der Waals surface area (Å²) < 4.78 is 5.10. The molecule has 5 heteroatoms. The third-order valence-electron chi connectivity index (χ3n) is 2.13. The summed E-state index contributed by atoms with van der Waals surface area (Å²) in [6, 6.07) is 0.174. The summed E-state index contributed by atoms with van der Waals surface area (Å²) in [5.74, 6) is -0.0348. The third-order valence-corrected chi connectivity index (χ3v) is 2.13. The minimum absolute atomic E-state index is 0.0348. The summed E-state index contributed by atoms with van der Waals surface area (Å²) in [6.45, 7) is 1.49. The molecule has 1 saturated carbocycles. The van der Waals surface area contributed by atoms with Gasteiger partial charge in [0.1, 0.15) is 6.10 Å². The van der Waals surface area contributed by atoms with Gasteiger partial charge in [-0.05, 0) is 0 Å². The molecule has 0 bridgehead atoms. The SMILES string of the molecule is CC(=O)NC1CC(OC(=O)N(C)C)C1. The number of carbonyl (C=O) groups is 2. The van der Waals surface area contributed by atoms with E-state index in [1.54, 1.807) is 14.1 Å². The van der Waals surface area contributed by atoms with Crippen molar-refractivity contribution in [1.29, 1.82) is 0 Å². The van der Waals surface area contributed by atoms with Crippen molar-refractivity contribution in [3.8, 4) is 0 Å². The Hall–Kier alpha value is -1.26. The van der Waals surface area contributed by atoms with Crippen molar-refractivity contribution in [3.63, 3.8) is 0 Å². The summed E-state index contributed by atoms with van der Waals surface area (Å²) >= 11 is 0. The predicted octanol–water partition coefficient (Wildman–Crippen LogP) is 0.352. The van der Waals surface area contributed by atoms with Crippen LogP contribution in [0.4, 0.5) is 4.79 Å². The number of carbonyl (C=O) groups excluding carboxylic acids is 2. The van der Waals surface area contributed by atoms with Gasteiger partial charge in [0, 0.05) is 39.9 Å². The molecule has 0 saturated heterocycles. The summed E-state index contributed by atoms with van der Waals surface area (Å²) in [4.78, 5) is 23.1. The van der Waals surface area contributed by atoms with Crippen molar-refractivity contribution in [2.24, 2.45) is 0 Å². The molecular weight excluding hydrogens is 184 g/mol. The van der Waals surface area contributed by atoms with Crippen molar-refractivity contribution in [2.75, 3.05) is 14.1 Å². The number of hydrogen-bond donors (Lipinski definition) is 1. The van der Waals surface area contributed by atoms with Crippen LogP contribution in [0.25, 0.3) is 0 Å². The molecule has 1 aliphatic carbocycles. The van der Waals surface area contributed by atoms with Crippen LogP contribution in [0.5, 0.6) is 0 Å². The molecule has 1 aliphatic rings. The second kappa shape index (κ2) is 4.30. The van der Waals surface area contributed by atoms with Gasteiger partial charge < -0.3 is 15.0 Å². The van der Waals surface area contributed by atoms with E-state index in [0.29, 0.717) is 0 Å². The number of amides is 2. The standard InChI is InChI=1S/C9H16N2O3/c1-6(12)10-7-4-8(5-7)14-9(13)11(2)3/h7-8H,4-5H2,1-3H3,(H,10,12). The van der Waals surface area contributed by atoms with E-state index in [0.717, 1.165) is 12.8 Å². The Bertz CT molecular complexity index is 234. The van der Waals surface area contributed by atoms with E-state index in [9.17, 15) is 9.59 Å². The molecule has 0 aromatic heterocycles. The van der Waals surface area contributed by atoms with Crippen LogP contribution in [0.15, 0.2) is 0 Å². The van der Waals surface area contributed by atoms with E-state index in [1.807, 2.05) is 0 Å². The van der Waals surface area contributed by atoms with Gasteiger partial charge in [-0.15, -0.1) is 0 Å². The van der Waals surface area contributed by atoms with E-state index < -0.39 is 0 Å². The van der Waals surface area contributed by atoms with Crippen molar-refractivity contribution in [1.82, 2.24) is 10.2 Å². The molecule has 2 amide bonds. The third kappa shape index (κ3) is 2.90. The van der Waals surface area contributed by atoms with Crippen molar-refractivity contribution < 1.29 is 14.3 Å². The highest BCUT2D eigenvalue weighted by atomic mass is 16.6. The highest BCUT2D eigenvalue weighted by Crippen LogP contribution is 2.23. The lowest BCUT2D eigenvalue weighted by Gasteiger charge is -2.35. The van der Waals surface area contributed by atoms with E-state index >= 15 is 0 Å². The first-order valence-corrected chi connectivity index (χ1v) is 4.64. The Kier molecular flexibility index (Phi) is 3.33. The van der Waals surface area contributed by atoms with Crippen LogP contribution >= 0.6 is 0 Å². The molecule has 5 nitrogen and oxygen atoms in total. The Labute approximate surface area is 83.4 Å². The van der Waals surface area contributed by atoms with Gasteiger partial charge in [0.05, 0.1) is 0 Å². The molecule has 0 aromatic carbocycles. The lowest BCUT2D eigenvalue weighted by atomic mass is 9.89. The maximum atomic E-state index is 11.1. The topological polar surface area (TPSA) is 58.6 Å². The first kappa shape index (κ1) is 10.8. The quantitative estimate of drug-likeness (QED) is 0.699. The average molecular weight is 200 g/mol. The van der Waals surface area contributed by atoms with Crippen LogP contribution < -0.4 is 5.32 Å². The second-order valence-corrected chi connectivity index (χ2v) is 3.77. The van der Waals surface area contributed by atoms with Crippen LogP contribution in [-0.4, -0.2) is 43.1 Å². The molecule has 1 rings (SSSR count). The largest absolute Gasteiger partial charge is 0.446 e. The molecule has 0 radical (unpaired) electrons. The van der Waals surface area contributed by atoms with E-state index in [4.69, 9.17) is 4.74 Å². The van der Waals surface area contributed by atoms with Gasteiger partial charge in [-0.3, -0.25) is 4.79 Å². The fourth-order valence-electron chi connectivity index (χ4n) is 1.32. The maximum Gasteiger partial charge on any atom is 0.409 e. The molecule has 80 valence electrons. The second-order valence-electron chi connectivity index (χ2n) is 3.77. The zero-order chi connectivity index (χ0) is 10.7. The number of hydrogen-bond acceptors (Lipinski definition) is 3. The molecule has 0 heterocycles. The summed E-state index contributed by atoms with van der Waals surface area (Å²) in [6.07, 6.45) is 1.08. The highest BCUT2D eigenvalue weighted by Gasteiger charge is 2.32. The van der Waals surface area contributed by atoms with Gasteiger partial charge in [-0.25, -0.2) is 4.79 Å². The predicted molar refractivity (Wildman–Crippen MR) is 50.8 cm³/mol. The monoisotopic (exact) mass is 200 g/mol. The van der Waals surface area contributed by atoms with Crippen molar-refractivity contribution in [3.05, 3.63) is 0 Å². The van der Waals surface area contributed by atoms with Crippen LogP contribution in [0.3, 0.4) is 0 Å². The van der Waals surface area contributed by atoms with E-state index in [2.05, 4.69) is 5.32 Å². The summed E-state index contributed by atoms with van der Waals surface area (Å²) in [7, 11) is 3.29. The summed E-state index contributed by atoms with van der Waals surface area (Å²) in [5, 5.41) is 2.77. The Balaban J connectivity index is 2.16. The van der Waals surface area contributed by atoms with E-state index in [-0.39, 0.29) is 24.1 Å². The molecule has 0 unspecified atom stereocenters. The minimum Gasteiger partial charge on any atom is -0.446 e. The normalized spacial score (nSPS) is 24.8. The molecule has 1 fully saturated rings. The van der Waals surface area contributed by atoms with Crippen molar-refractivity contribution in [2.45, 2.75) is 31.9 Å². The molecule has 0 aliphatic heterocycles. The molecule has 0 atom stereocenters. The Morgan fingerprint density at radius 3 is 2.36 bits per heavy atom. The van der Waals surface area contributed by atoms with Gasteiger partial charge >= 0.3 is 6.09 Å². The van der Waals surface area contributed by atoms with Crippen LogP contribution in [-0.2, 0) is 9.53 Å². The Morgan fingerprint density at radius 1 is 1.36 bits per heavy atom. The van der Waals surface area contributed by atoms with Gasteiger partial charge in [0.15, 0.2) is 0 Å². The molecule has 0 aromatic rings. The Morgan fingerprint density at radius 2 is 1.93 bits per heavy atom. The summed E-state index contributed by atoms with van der Waals surface area (Å²) in [5.41, 5.74) is 0. The number of rotatable bonds is 2. The average Bonchev–Trinajstić information content (AvgIpc) is 1.99. The van der Waals surface area contributed by atoms with Crippen LogP contribution in [0.2, 0.25) is 0 Å². The zero-order valence-electron chi connectivity index (χ0n) is 8.74. The fourth-order valence-corrected chi connectivity index (χ4v) is 1.32. The number of nitrogens with zero attached hydrogens (tertiary/aromatic N) is 1. The lowest BCUT2D eigenvalue weighted by Crippen LogP contribution is -2.48. The molecule has 1 N–H and O–H groups in total. The van der Waals surface area contributed by atoms with Gasteiger partial charge in [0.2, 0.25) is 5.91 Å². The van der Waals surface area contributed by atoms with Gasteiger partial charge in [0.25, 0.3) is 0 Å². The van der Waals surface area contributed by atoms with Crippen molar-refractivity contribution >= 4 is 12.0 Å². The first-order chi connectivity index (χ1) is 6.49. The van der Waals surface area contributed by atoms with E-state index in [1.165, 1.54) is 11.8 Å². The minimum atomic E-state index is -0.323. The molecule has 0 spiro atoms.